The molecule has 112 valence electrons. The highest BCUT2D eigenvalue weighted by Crippen LogP contribution is 2.33. The van der Waals surface area contributed by atoms with Gasteiger partial charge in [-0.05, 0) is 37.0 Å². The molecule has 21 heavy (non-hydrogen) atoms. The van der Waals surface area contributed by atoms with Crippen LogP contribution in [0.3, 0.4) is 0 Å². The lowest BCUT2D eigenvalue weighted by molar-refractivity contribution is -0.155. The molecule has 0 spiro atoms. The first kappa shape index (κ1) is 15.6. The van der Waals surface area contributed by atoms with Gasteiger partial charge in [-0.2, -0.15) is 0 Å². The summed E-state index contributed by atoms with van der Waals surface area (Å²) in [4.78, 5) is 25.4. The second kappa shape index (κ2) is 6.31. The SMILES string of the molecule is CCC1(C(=O)O)CCCN1C(=O)/C=C/c1ccccc1Cl. The maximum Gasteiger partial charge on any atom is 0.329 e. The van der Waals surface area contributed by atoms with Gasteiger partial charge in [-0.3, -0.25) is 4.79 Å². The van der Waals surface area contributed by atoms with E-state index in [4.69, 9.17) is 11.6 Å². The summed E-state index contributed by atoms with van der Waals surface area (Å²) in [7, 11) is 0. The van der Waals surface area contributed by atoms with Crippen LogP contribution in [0.1, 0.15) is 31.7 Å². The highest BCUT2D eigenvalue weighted by Gasteiger charge is 2.47. The number of nitrogens with zero attached hydrogens (tertiary/aromatic N) is 1. The number of hydrogen-bond acceptors (Lipinski definition) is 2. The molecule has 1 saturated heterocycles. The van der Waals surface area contributed by atoms with Gasteiger partial charge in [-0.25, -0.2) is 4.79 Å². The molecule has 0 aliphatic carbocycles. The molecule has 1 amide bonds. The summed E-state index contributed by atoms with van der Waals surface area (Å²) in [6, 6.07) is 7.20. The monoisotopic (exact) mass is 307 g/mol. The van der Waals surface area contributed by atoms with Crippen LogP contribution in [0, 0.1) is 0 Å². The van der Waals surface area contributed by atoms with Crippen LogP contribution in [-0.4, -0.2) is 34.0 Å². The van der Waals surface area contributed by atoms with Gasteiger partial charge in [0.2, 0.25) is 5.91 Å². The normalized spacial score (nSPS) is 21.9. The van der Waals surface area contributed by atoms with Gasteiger partial charge in [0.25, 0.3) is 0 Å². The summed E-state index contributed by atoms with van der Waals surface area (Å²) in [6.07, 6.45) is 4.66. The fourth-order valence-electron chi connectivity index (χ4n) is 2.80. The summed E-state index contributed by atoms with van der Waals surface area (Å²) in [5.41, 5.74) is -0.328. The highest BCUT2D eigenvalue weighted by molar-refractivity contribution is 6.32. The van der Waals surface area contributed by atoms with Crippen molar-refractivity contribution in [2.45, 2.75) is 31.7 Å². The van der Waals surface area contributed by atoms with E-state index in [1.807, 2.05) is 12.1 Å². The molecule has 1 aromatic carbocycles. The maximum atomic E-state index is 12.3. The van der Waals surface area contributed by atoms with Crippen molar-refractivity contribution in [2.24, 2.45) is 0 Å². The Morgan fingerprint density at radius 2 is 2.14 bits per heavy atom. The Kier molecular flexibility index (Phi) is 4.68. The number of carbonyl (C=O) groups is 2. The van der Waals surface area contributed by atoms with Crippen molar-refractivity contribution in [1.29, 1.82) is 0 Å². The van der Waals surface area contributed by atoms with E-state index in [1.54, 1.807) is 25.1 Å². The molecule has 1 N–H and O–H groups in total. The summed E-state index contributed by atoms with van der Waals surface area (Å²) < 4.78 is 0. The predicted octanol–water partition coefficient (Wildman–Crippen LogP) is 3.21. The van der Waals surface area contributed by atoms with Gasteiger partial charge in [0.1, 0.15) is 5.54 Å². The molecule has 4 nitrogen and oxygen atoms in total. The first-order valence-electron chi connectivity index (χ1n) is 6.99. The van der Waals surface area contributed by atoms with Crippen LogP contribution in [0.4, 0.5) is 0 Å². The number of amides is 1. The number of likely N-dealkylation sites (tertiary alicyclic amines) is 1. The average molecular weight is 308 g/mol. The third-order valence-corrected chi connectivity index (χ3v) is 4.39. The smallest absolute Gasteiger partial charge is 0.329 e. The van der Waals surface area contributed by atoms with Gasteiger partial charge in [-0.1, -0.05) is 36.7 Å². The molecule has 2 rings (SSSR count). The number of rotatable bonds is 4. The van der Waals surface area contributed by atoms with Crippen molar-refractivity contribution in [3.8, 4) is 0 Å². The molecule has 5 heteroatoms. The van der Waals surface area contributed by atoms with Crippen LogP contribution < -0.4 is 0 Å². The number of aliphatic carboxylic acids is 1. The Balaban J connectivity index is 2.20. The second-order valence-electron chi connectivity index (χ2n) is 5.14. The molecule has 0 saturated carbocycles. The van der Waals surface area contributed by atoms with E-state index in [2.05, 4.69) is 0 Å². The minimum atomic E-state index is -1.07. The van der Waals surface area contributed by atoms with Crippen molar-refractivity contribution in [3.63, 3.8) is 0 Å². The van der Waals surface area contributed by atoms with Gasteiger partial charge in [0, 0.05) is 17.6 Å². The summed E-state index contributed by atoms with van der Waals surface area (Å²) in [5.74, 6) is -1.21. The van der Waals surface area contributed by atoms with Crippen LogP contribution in [0.5, 0.6) is 0 Å². The first-order valence-corrected chi connectivity index (χ1v) is 7.36. The van der Waals surface area contributed by atoms with E-state index in [-0.39, 0.29) is 5.91 Å². The van der Waals surface area contributed by atoms with E-state index >= 15 is 0 Å². The zero-order valence-electron chi connectivity index (χ0n) is 11.9. The molecule has 1 unspecified atom stereocenters. The van der Waals surface area contributed by atoms with Crippen molar-refractivity contribution < 1.29 is 14.7 Å². The Hall–Kier alpha value is -1.81. The van der Waals surface area contributed by atoms with Gasteiger partial charge in [0.05, 0.1) is 0 Å². The largest absolute Gasteiger partial charge is 0.479 e. The molecule has 1 aromatic rings. The van der Waals surface area contributed by atoms with E-state index < -0.39 is 11.5 Å². The molecule has 1 fully saturated rings. The lowest BCUT2D eigenvalue weighted by atomic mass is 9.93. The van der Waals surface area contributed by atoms with Gasteiger partial charge < -0.3 is 10.0 Å². The van der Waals surface area contributed by atoms with Crippen LogP contribution in [-0.2, 0) is 9.59 Å². The number of carboxylic acid groups (broad SMARTS) is 1. The minimum Gasteiger partial charge on any atom is -0.479 e. The molecular formula is C16H18ClNO3. The van der Waals surface area contributed by atoms with Gasteiger partial charge in [-0.15, -0.1) is 0 Å². The third-order valence-electron chi connectivity index (χ3n) is 4.05. The summed E-state index contributed by atoms with van der Waals surface area (Å²) >= 11 is 6.03. The molecule has 0 radical (unpaired) electrons. The average Bonchev–Trinajstić information content (AvgIpc) is 2.91. The quantitative estimate of drug-likeness (QED) is 0.869. The number of carbonyl (C=O) groups excluding carboxylic acids is 1. The molecule has 1 atom stereocenters. The number of halogens is 1. The van der Waals surface area contributed by atoms with E-state index in [1.165, 1.54) is 11.0 Å². The first-order chi connectivity index (χ1) is 10.0. The molecule has 1 aliphatic heterocycles. The molecule has 1 heterocycles. The van der Waals surface area contributed by atoms with Crippen LogP contribution >= 0.6 is 11.6 Å². The van der Waals surface area contributed by atoms with E-state index in [0.29, 0.717) is 30.8 Å². The number of carboxylic acids is 1. The Bertz CT molecular complexity index is 585. The fourth-order valence-corrected chi connectivity index (χ4v) is 3.00. The summed E-state index contributed by atoms with van der Waals surface area (Å²) in [6.45, 7) is 2.28. The molecular weight excluding hydrogens is 290 g/mol. The molecule has 0 bridgehead atoms. The van der Waals surface area contributed by atoms with E-state index in [0.717, 1.165) is 5.56 Å². The Labute approximate surface area is 129 Å². The zero-order chi connectivity index (χ0) is 15.5. The van der Waals surface area contributed by atoms with Crippen molar-refractivity contribution in [1.82, 2.24) is 4.90 Å². The topological polar surface area (TPSA) is 57.6 Å². The molecule has 1 aliphatic rings. The Morgan fingerprint density at radius 3 is 2.76 bits per heavy atom. The van der Waals surface area contributed by atoms with Crippen molar-refractivity contribution >= 4 is 29.6 Å². The third kappa shape index (κ3) is 2.95. The fraction of sp³-hybridized carbons (Fsp3) is 0.375. The maximum absolute atomic E-state index is 12.3. The van der Waals surface area contributed by atoms with Crippen molar-refractivity contribution in [3.05, 3.63) is 40.9 Å². The van der Waals surface area contributed by atoms with E-state index in [9.17, 15) is 14.7 Å². The van der Waals surface area contributed by atoms with Crippen molar-refractivity contribution in [2.75, 3.05) is 6.54 Å². The van der Waals surface area contributed by atoms with Gasteiger partial charge >= 0.3 is 5.97 Å². The Morgan fingerprint density at radius 1 is 1.43 bits per heavy atom. The minimum absolute atomic E-state index is 0.281. The van der Waals surface area contributed by atoms with Gasteiger partial charge in [0.15, 0.2) is 0 Å². The number of hydrogen-bond donors (Lipinski definition) is 1. The predicted molar refractivity (Wildman–Crippen MR) is 82.1 cm³/mol. The number of benzene rings is 1. The standard InChI is InChI=1S/C16H18ClNO3/c1-2-16(15(20)21)10-5-11-18(16)14(19)9-8-12-6-3-4-7-13(12)17/h3-4,6-9H,2,5,10-11H2,1H3,(H,20,21)/b9-8+. The summed E-state index contributed by atoms with van der Waals surface area (Å²) in [5, 5.41) is 10.0. The van der Waals surface area contributed by atoms with Crippen LogP contribution in [0.15, 0.2) is 30.3 Å². The van der Waals surface area contributed by atoms with Crippen LogP contribution in [0.25, 0.3) is 6.08 Å². The highest BCUT2D eigenvalue weighted by atomic mass is 35.5. The lowest BCUT2D eigenvalue weighted by Gasteiger charge is -2.33. The zero-order valence-corrected chi connectivity index (χ0v) is 12.6. The van der Waals surface area contributed by atoms with Crippen LogP contribution in [0.2, 0.25) is 5.02 Å². The molecule has 0 aromatic heterocycles. The second-order valence-corrected chi connectivity index (χ2v) is 5.55. The lowest BCUT2D eigenvalue weighted by Crippen LogP contribution is -2.52.